The Kier molecular flexibility index (Phi) is 4.48. The quantitative estimate of drug-likeness (QED) is 0.768. The average molecular weight is 341 g/mol. The number of aromatic nitrogens is 4. The molecule has 25 heavy (non-hydrogen) atoms. The molecule has 132 valence electrons. The summed E-state index contributed by atoms with van der Waals surface area (Å²) in [5.41, 5.74) is 3.63. The van der Waals surface area contributed by atoms with Crippen molar-refractivity contribution in [1.29, 1.82) is 0 Å². The molecule has 0 bridgehead atoms. The van der Waals surface area contributed by atoms with Crippen LogP contribution in [0.25, 0.3) is 11.0 Å². The van der Waals surface area contributed by atoms with Crippen molar-refractivity contribution in [2.45, 2.75) is 26.8 Å². The molecule has 2 aromatic heterocycles. The van der Waals surface area contributed by atoms with E-state index >= 15 is 0 Å². The van der Waals surface area contributed by atoms with E-state index in [0.717, 1.165) is 39.6 Å². The number of nitrogens with zero attached hydrogens (tertiary/aromatic N) is 4. The fourth-order valence-electron chi connectivity index (χ4n) is 3.01. The number of methoxy groups -OCH3 is 2. The second-order valence-electron chi connectivity index (χ2n) is 6.00. The molecule has 0 saturated carbocycles. The summed E-state index contributed by atoms with van der Waals surface area (Å²) in [6, 6.07) is 5.71. The minimum atomic E-state index is -0.0437. The molecule has 0 aliphatic rings. The second-order valence-corrected chi connectivity index (χ2v) is 6.00. The summed E-state index contributed by atoms with van der Waals surface area (Å²) in [5, 5.41) is 7.94. The predicted molar refractivity (Wildman–Crippen MR) is 97.4 cm³/mol. The molecule has 0 saturated heterocycles. The molecule has 0 radical (unpaired) electrons. The van der Waals surface area contributed by atoms with E-state index in [-0.39, 0.29) is 6.04 Å². The molecular formula is C18H23N5O2. The van der Waals surface area contributed by atoms with Gasteiger partial charge in [-0.2, -0.15) is 5.10 Å². The van der Waals surface area contributed by atoms with Gasteiger partial charge in [0.05, 0.1) is 26.0 Å². The topological polar surface area (TPSA) is 74.1 Å². The Morgan fingerprint density at radius 2 is 1.88 bits per heavy atom. The molecule has 3 rings (SSSR count). The lowest BCUT2D eigenvalue weighted by atomic mass is 10.1. The molecule has 0 unspecified atom stereocenters. The van der Waals surface area contributed by atoms with Gasteiger partial charge in [-0.15, -0.1) is 0 Å². The van der Waals surface area contributed by atoms with Gasteiger partial charge in [-0.1, -0.05) is 0 Å². The number of hydrogen-bond donors (Lipinski definition) is 1. The van der Waals surface area contributed by atoms with E-state index in [1.807, 2.05) is 43.8 Å². The van der Waals surface area contributed by atoms with Crippen LogP contribution in [0.3, 0.4) is 0 Å². The average Bonchev–Trinajstić information content (AvgIpc) is 2.88. The smallest absolute Gasteiger partial charge is 0.156 e. The van der Waals surface area contributed by atoms with Crippen LogP contribution < -0.4 is 14.8 Å². The van der Waals surface area contributed by atoms with Crippen LogP contribution in [0.1, 0.15) is 30.0 Å². The molecule has 2 heterocycles. The number of nitrogens with one attached hydrogen (secondary N) is 1. The Hall–Kier alpha value is -2.83. The Morgan fingerprint density at radius 1 is 1.12 bits per heavy atom. The summed E-state index contributed by atoms with van der Waals surface area (Å²) in [4.78, 5) is 9.10. The first-order valence-electron chi connectivity index (χ1n) is 8.11. The van der Waals surface area contributed by atoms with Crippen molar-refractivity contribution >= 4 is 16.9 Å². The minimum absolute atomic E-state index is 0.0437. The van der Waals surface area contributed by atoms with Crippen LogP contribution >= 0.6 is 0 Å². The number of benzene rings is 1. The molecule has 0 aliphatic heterocycles. The number of aryl methyl sites for hydroxylation is 3. The summed E-state index contributed by atoms with van der Waals surface area (Å²) in [6.45, 7) is 5.89. The van der Waals surface area contributed by atoms with Crippen LogP contribution in [0.15, 0.2) is 18.2 Å². The maximum absolute atomic E-state index is 5.50. The van der Waals surface area contributed by atoms with Crippen LogP contribution in [0.5, 0.6) is 11.5 Å². The molecule has 1 N–H and O–H groups in total. The van der Waals surface area contributed by atoms with Gasteiger partial charge in [0.25, 0.3) is 0 Å². The number of rotatable bonds is 5. The van der Waals surface area contributed by atoms with E-state index in [1.165, 1.54) is 0 Å². The van der Waals surface area contributed by atoms with Gasteiger partial charge in [0, 0.05) is 12.6 Å². The van der Waals surface area contributed by atoms with Gasteiger partial charge in [-0.25, -0.2) is 9.97 Å². The van der Waals surface area contributed by atoms with Crippen molar-refractivity contribution in [2.75, 3.05) is 19.5 Å². The fourth-order valence-corrected chi connectivity index (χ4v) is 3.01. The van der Waals surface area contributed by atoms with E-state index in [4.69, 9.17) is 9.47 Å². The molecular weight excluding hydrogens is 318 g/mol. The molecule has 1 aromatic carbocycles. The first-order chi connectivity index (χ1) is 11.9. The van der Waals surface area contributed by atoms with E-state index in [2.05, 4.69) is 27.3 Å². The highest BCUT2D eigenvalue weighted by Crippen LogP contribution is 2.32. The Balaban J connectivity index is 2.04. The molecule has 3 aromatic rings. The van der Waals surface area contributed by atoms with Crippen molar-refractivity contribution in [3.8, 4) is 11.5 Å². The normalized spacial score (nSPS) is 12.2. The largest absolute Gasteiger partial charge is 0.497 e. The van der Waals surface area contributed by atoms with Crippen molar-refractivity contribution in [3.63, 3.8) is 0 Å². The van der Waals surface area contributed by atoms with E-state index in [0.29, 0.717) is 5.82 Å². The van der Waals surface area contributed by atoms with Crippen LogP contribution in [0.2, 0.25) is 0 Å². The first kappa shape index (κ1) is 17.0. The molecule has 0 aliphatic carbocycles. The summed E-state index contributed by atoms with van der Waals surface area (Å²) in [7, 11) is 5.21. The lowest BCUT2D eigenvalue weighted by Crippen LogP contribution is -2.12. The SMILES string of the molecule is COc1ccc(OC)c([C@H](C)Nc2nc(C)nc3c(C)nn(C)c23)c1. The Bertz CT molecular complexity index is 919. The second kappa shape index (κ2) is 6.58. The predicted octanol–water partition coefficient (Wildman–Crippen LogP) is 3.17. The molecule has 7 heteroatoms. The van der Waals surface area contributed by atoms with Crippen molar-refractivity contribution in [1.82, 2.24) is 19.7 Å². The highest BCUT2D eigenvalue weighted by molar-refractivity contribution is 5.87. The molecule has 0 fully saturated rings. The minimum Gasteiger partial charge on any atom is -0.497 e. The number of ether oxygens (including phenoxy) is 2. The highest BCUT2D eigenvalue weighted by Gasteiger charge is 2.18. The van der Waals surface area contributed by atoms with E-state index in [9.17, 15) is 0 Å². The Morgan fingerprint density at radius 3 is 2.56 bits per heavy atom. The van der Waals surface area contributed by atoms with E-state index < -0.39 is 0 Å². The van der Waals surface area contributed by atoms with Gasteiger partial charge in [-0.3, -0.25) is 4.68 Å². The van der Waals surface area contributed by atoms with Crippen LogP contribution in [-0.4, -0.2) is 34.0 Å². The molecule has 7 nitrogen and oxygen atoms in total. The fraction of sp³-hybridized carbons (Fsp3) is 0.389. The summed E-state index contributed by atoms with van der Waals surface area (Å²) in [5.74, 6) is 3.03. The Labute approximate surface area is 147 Å². The zero-order valence-corrected chi connectivity index (χ0v) is 15.4. The number of anilines is 1. The maximum atomic E-state index is 5.50. The number of fused-ring (bicyclic) bond motifs is 1. The van der Waals surface area contributed by atoms with Crippen molar-refractivity contribution in [2.24, 2.45) is 7.05 Å². The van der Waals surface area contributed by atoms with E-state index in [1.54, 1.807) is 14.2 Å². The lowest BCUT2D eigenvalue weighted by Gasteiger charge is -2.19. The van der Waals surface area contributed by atoms with Crippen LogP contribution in [-0.2, 0) is 7.05 Å². The van der Waals surface area contributed by atoms with Gasteiger partial charge in [0.2, 0.25) is 0 Å². The van der Waals surface area contributed by atoms with Crippen LogP contribution in [0, 0.1) is 13.8 Å². The van der Waals surface area contributed by atoms with Crippen LogP contribution in [0.4, 0.5) is 5.82 Å². The van der Waals surface area contributed by atoms with Crippen molar-refractivity contribution < 1.29 is 9.47 Å². The first-order valence-corrected chi connectivity index (χ1v) is 8.11. The lowest BCUT2D eigenvalue weighted by molar-refractivity contribution is 0.397. The third-order valence-electron chi connectivity index (χ3n) is 4.22. The number of hydrogen-bond acceptors (Lipinski definition) is 6. The zero-order valence-electron chi connectivity index (χ0n) is 15.4. The monoisotopic (exact) mass is 341 g/mol. The highest BCUT2D eigenvalue weighted by atomic mass is 16.5. The molecule has 0 amide bonds. The summed E-state index contributed by atoms with van der Waals surface area (Å²) >= 11 is 0. The summed E-state index contributed by atoms with van der Waals surface area (Å²) in [6.07, 6.45) is 0. The third-order valence-corrected chi connectivity index (χ3v) is 4.22. The summed E-state index contributed by atoms with van der Waals surface area (Å²) < 4.78 is 12.6. The van der Waals surface area contributed by atoms with Gasteiger partial charge >= 0.3 is 0 Å². The van der Waals surface area contributed by atoms with Gasteiger partial charge in [-0.05, 0) is 39.0 Å². The van der Waals surface area contributed by atoms with Gasteiger partial charge in [0.15, 0.2) is 5.82 Å². The maximum Gasteiger partial charge on any atom is 0.156 e. The molecule has 1 atom stereocenters. The molecule has 0 spiro atoms. The third kappa shape index (κ3) is 3.09. The zero-order chi connectivity index (χ0) is 18.1. The van der Waals surface area contributed by atoms with Crippen molar-refractivity contribution in [3.05, 3.63) is 35.3 Å². The standard InChI is InChI=1S/C18H23N5O2/c1-10(14-9-13(24-5)7-8-15(14)25-6)19-18-17-16(20-12(3)21-18)11(2)22-23(17)4/h7-10H,1-6H3,(H,19,20,21)/t10-/m0/s1. The van der Waals surface area contributed by atoms with Gasteiger partial charge in [0.1, 0.15) is 28.4 Å². The van der Waals surface area contributed by atoms with Gasteiger partial charge < -0.3 is 14.8 Å².